The number of aromatic nitrogens is 1. The van der Waals surface area contributed by atoms with Crippen molar-refractivity contribution in [3.8, 4) is 0 Å². The number of carbonyl (C=O) groups is 1. The van der Waals surface area contributed by atoms with E-state index in [4.69, 9.17) is 9.47 Å². The molecule has 0 aromatic carbocycles. The Bertz CT molecular complexity index is 411. The molecule has 1 heterocycles. The minimum atomic E-state index is -0.116. The topological polar surface area (TPSA) is 51.3 Å². The van der Waals surface area contributed by atoms with Gasteiger partial charge < -0.3 is 14.5 Å². The monoisotopic (exact) mass is 251 g/mol. The summed E-state index contributed by atoms with van der Waals surface area (Å²) < 4.78 is 10.1. The van der Waals surface area contributed by atoms with Crippen LogP contribution < -0.4 is 0 Å². The average molecular weight is 251 g/mol. The molecule has 2 rings (SSSR count). The average Bonchev–Trinajstić information content (AvgIpc) is 2.81. The molecule has 0 radical (unpaired) electrons. The molecule has 1 aromatic rings. The summed E-state index contributed by atoms with van der Waals surface area (Å²) in [6.07, 6.45) is 3.94. The van der Waals surface area contributed by atoms with E-state index in [1.54, 1.807) is 7.11 Å². The molecule has 18 heavy (non-hydrogen) atoms. The predicted molar refractivity (Wildman–Crippen MR) is 68.7 cm³/mol. The molecule has 4 nitrogen and oxygen atoms in total. The highest BCUT2D eigenvalue weighted by Crippen LogP contribution is 2.33. The van der Waals surface area contributed by atoms with Gasteiger partial charge in [-0.2, -0.15) is 0 Å². The highest BCUT2D eigenvalue weighted by atomic mass is 16.6. The zero-order valence-electron chi connectivity index (χ0n) is 11.1. The highest BCUT2D eigenvalue weighted by molar-refractivity contribution is 5.79. The van der Waals surface area contributed by atoms with Crippen molar-refractivity contribution in [3.05, 3.63) is 23.0 Å². The maximum absolute atomic E-state index is 12.0. The van der Waals surface area contributed by atoms with Crippen LogP contribution >= 0.6 is 0 Å². The molecule has 100 valence electrons. The highest BCUT2D eigenvalue weighted by Gasteiger charge is 2.29. The smallest absolute Gasteiger partial charge is 0.313 e. The van der Waals surface area contributed by atoms with Crippen molar-refractivity contribution in [2.24, 2.45) is 0 Å². The van der Waals surface area contributed by atoms with Crippen molar-refractivity contribution >= 4 is 5.97 Å². The van der Waals surface area contributed by atoms with Crippen molar-refractivity contribution in [2.75, 3.05) is 20.3 Å². The minimum Gasteiger partial charge on any atom is -0.463 e. The Balaban J connectivity index is 2.06. The van der Waals surface area contributed by atoms with Crippen LogP contribution in [-0.4, -0.2) is 31.3 Å². The second-order valence-corrected chi connectivity index (χ2v) is 4.69. The molecule has 0 saturated heterocycles. The molecule has 0 fully saturated rings. The number of rotatable bonds is 5. The van der Waals surface area contributed by atoms with E-state index in [1.807, 2.05) is 0 Å². The summed E-state index contributed by atoms with van der Waals surface area (Å²) in [5.41, 5.74) is 3.56. The van der Waals surface area contributed by atoms with Gasteiger partial charge >= 0.3 is 5.97 Å². The minimum absolute atomic E-state index is 0.0952. The molecule has 0 spiro atoms. The van der Waals surface area contributed by atoms with Gasteiger partial charge in [-0.05, 0) is 37.3 Å². The number of H-pyrrole nitrogens is 1. The summed E-state index contributed by atoms with van der Waals surface area (Å²) in [6, 6.07) is 2.12. The van der Waals surface area contributed by atoms with E-state index in [0.29, 0.717) is 13.2 Å². The van der Waals surface area contributed by atoms with Crippen LogP contribution in [0.4, 0.5) is 0 Å². The first-order chi connectivity index (χ1) is 8.76. The second kappa shape index (κ2) is 6.05. The van der Waals surface area contributed by atoms with Crippen LogP contribution in [0.2, 0.25) is 0 Å². The number of nitrogens with one attached hydrogen (secondary N) is 1. The lowest BCUT2D eigenvalue weighted by molar-refractivity contribution is -0.147. The van der Waals surface area contributed by atoms with E-state index in [0.717, 1.165) is 31.2 Å². The number of hydrogen-bond donors (Lipinski definition) is 1. The van der Waals surface area contributed by atoms with Crippen molar-refractivity contribution < 1.29 is 14.3 Å². The van der Waals surface area contributed by atoms with E-state index in [2.05, 4.69) is 18.0 Å². The van der Waals surface area contributed by atoms with Gasteiger partial charge in [0.1, 0.15) is 6.61 Å². The van der Waals surface area contributed by atoms with Crippen molar-refractivity contribution in [2.45, 2.75) is 38.5 Å². The normalized spacial score (nSPS) is 18.4. The Labute approximate surface area is 108 Å². The van der Waals surface area contributed by atoms with Crippen molar-refractivity contribution in [1.82, 2.24) is 4.98 Å². The number of esters is 1. The number of hydrogen-bond acceptors (Lipinski definition) is 3. The van der Waals surface area contributed by atoms with Gasteiger partial charge in [-0.3, -0.25) is 4.79 Å². The number of aromatic amines is 1. The predicted octanol–water partition coefficient (Wildman–Crippen LogP) is 2.19. The Morgan fingerprint density at radius 3 is 3.06 bits per heavy atom. The third kappa shape index (κ3) is 2.75. The lowest BCUT2D eigenvalue weighted by Crippen LogP contribution is -2.21. The van der Waals surface area contributed by atoms with Gasteiger partial charge in [-0.1, -0.05) is 6.92 Å². The summed E-state index contributed by atoms with van der Waals surface area (Å²) in [5, 5.41) is 0. The molecular formula is C14H21NO3. The number of aryl methyl sites for hydroxylation is 2. The van der Waals surface area contributed by atoms with Crippen molar-refractivity contribution in [3.63, 3.8) is 0 Å². The lowest BCUT2D eigenvalue weighted by atomic mass is 9.87. The Morgan fingerprint density at radius 2 is 2.33 bits per heavy atom. The molecule has 0 aliphatic heterocycles. The maximum atomic E-state index is 12.0. The summed E-state index contributed by atoms with van der Waals surface area (Å²) in [7, 11) is 1.60. The Morgan fingerprint density at radius 1 is 1.50 bits per heavy atom. The van der Waals surface area contributed by atoms with Crippen LogP contribution in [0.5, 0.6) is 0 Å². The third-order valence-corrected chi connectivity index (χ3v) is 3.48. The Kier molecular flexibility index (Phi) is 4.42. The molecule has 0 bridgehead atoms. The van der Waals surface area contributed by atoms with Gasteiger partial charge in [-0.25, -0.2) is 0 Å². The van der Waals surface area contributed by atoms with Gasteiger partial charge in [0.05, 0.1) is 12.5 Å². The zero-order chi connectivity index (χ0) is 13.0. The quantitative estimate of drug-likeness (QED) is 0.644. The van der Waals surface area contributed by atoms with Crippen LogP contribution in [0, 0.1) is 0 Å². The third-order valence-electron chi connectivity index (χ3n) is 3.48. The van der Waals surface area contributed by atoms with Gasteiger partial charge in [0, 0.05) is 18.5 Å². The molecule has 1 atom stereocenters. The summed E-state index contributed by atoms with van der Waals surface area (Å²) in [4.78, 5) is 15.4. The zero-order valence-corrected chi connectivity index (χ0v) is 11.1. The van der Waals surface area contributed by atoms with Crippen molar-refractivity contribution in [1.29, 1.82) is 0 Å². The molecule has 1 aromatic heterocycles. The van der Waals surface area contributed by atoms with Crippen LogP contribution in [0.3, 0.4) is 0 Å². The van der Waals surface area contributed by atoms with E-state index in [1.165, 1.54) is 11.4 Å². The second-order valence-electron chi connectivity index (χ2n) is 4.69. The fourth-order valence-electron chi connectivity index (χ4n) is 2.49. The standard InChI is InChI=1S/C14H21NO3/c1-3-10-9-12-11(5-4-6-13(12)15-10)14(16)18-8-7-17-2/h9,11,15H,3-8H2,1-2H3. The van der Waals surface area contributed by atoms with Crippen LogP contribution in [0.1, 0.15) is 42.6 Å². The van der Waals surface area contributed by atoms with Gasteiger partial charge in [0.2, 0.25) is 0 Å². The molecule has 0 saturated carbocycles. The van der Waals surface area contributed by atoms with Gasteiger partial charge in [0.15, 0.2) is 0 Å². The van der Waals surface area contributed by atoms with Crippen LogP contribution in [0.25, 0.3) is 0 Å². The Hall–Kier alpha value is -1.29. The molecule has 1 N–H and O–H groups in total. The molecule has 4 heteroatoms. The number of carbonyl (C=O) groups excluding carboxylic acids is 1. The van der Waals surface area contributed by atoms with E-state index in [-0.39, 0.29) is 11.9 Å². The van der Waals surface area contributed by atoms with E-state index >= 15 is 0 Å². The molecule has 0 amide bonds. The number of ether oxygens (including phenoxy) is 2. The molecule has 1 aliphatic carbocycles. The largest absolute Gasteiger partial charge is 0.463 e. The fraction of sp³-hybridized carbons (Fsp3) is 0.643. The lowest BCUT2D eigenvalue weighted by Gasteiger charge is -2.20. The molecular weight excluding hydrogens is 230 g/mol. The fourth-order valence-corrected chi connectivity index (χ4v) is 2.49. The summed E-state index contributed by atoms with van der Waals surface area (Å²) in [5.74, 6) is -0.211. The number of methoxy groups -OCH3 is 1. The van der Waals surface area contributed by atoms with Gasteiger partial charge in [0.25, 0.3) is 0 Å². The van der Waals surface area contributed by atoms with E-state index in [9.17, 15) is 4.79 Å². The summed E-state index contributed by atoms with van der Waals surface area (Å²) in [6.45, 7) is 2.91. The first kappa shape index (κ1) is 13.1. The number of fused-ring (bicyclic) bond motifs is 1. The summed E-state index contributed by atoms with van der Waals surface area (Å²) >= 11 is 0. The van der Waals surface area contributed by atoms with Gasteiger partial charge in [-0.15, -0.1) is 0 Å². The first-order valence-electron chi connectivity index (χ1n) is 6.62. The SMILES string of the molecule is CCc1cc2c([nH]1)CCCC2C(=O)OCCOC. The van der Waals surface area contributed by atoms with E-state index < -0.39 is 0 Å². The first-order valence-corrected chi connectivity index (χ1v) is 6.62. The molecule has 1 aliphatic rings. The maximum Gasteiger partial charge on any atom is 0.313 e. The molecule has 1 unspecified atom stereocenters. The van der Waals surface area contributed by atoms with Crippen LogP contribution in [0.15, 0.2) is 6.07 Å². The van der Waals surface area contributed by atoms with Crippen LogP contribution in [-0.2, 0) is 27.1 Å².